The Morgan fingerprint density at radius 1 is 1.29 bits per heavy atom. The maximum absolute atomic E-state index is 4.43. The van der Waals surface area contributed by atoms with Crippen LogP contribution in [0.25, 0.3) is 0 Å². The maximum Gasteiger partial charge on any atom is 0.0348 e. The number of nitrogens with zero attached hydrogens (tertiary/aromatic N) is 1. The predicted octanol–water partition coefficient (Wildman–Crippen LogP) is 2.60. The fourth-order valence-electron chi connectivity index (χ4n) is 2.15. The average molecular weight is 220 g/mol. The van der Waals surface area contributed by atoms with E-state index >= 15 is 0 Å². The van der Waals surface area contributed by atoms with E-state index in [1.165, 1.54) is 11.5 Å². The Balaban J connectivity index is 0.000000750. The van der Waals surface area contributed by atoms with E-state index in [0.29, 0.717) is 0 Å². The molecule has 0 N–H and O–H groups in total. The third-order valence-electron chi connectivity index (χ3n) is 3.09. The summed E-state index contributed by atoms with van der Waals surface area (Å²) in [6, 6.07) is 0. The number of rotatable bonds is 0. The van der Waals surface area contributed by atoms with Crippen molar-refractivity contribution in [2.45, 2.75) is 6.92 Å². The van der Waals surface area contributed by atoms with E-state index in [-0.39, 0.29) is 22.8 Å². The molecule has 0 saturated carbocycles. The number of allylic oxidation sites excluding steroid dienone is 7. The Hall–Kier alpha value is -0.968. The minimum absolute atomic E-state index is 0. The van der Waals surface area contributed by atoms with Gasteiger partial charge in [0.15, 0.2) is 0 Å². The van der Waals surface area contributed by atoms with Gasteiger partial charge in [0.05, 0.1) is 0 Å². The van der Waals surface area contributed by atoms with Gasteiger partial charge < -0.3 is 0 Å². The second-order valence-corrected chi connectivity index (χ2v) is 3.73. The zero-order chi connectivity index (χ0) is 8.89. The van der Waals surface area contributed by atoms with Gasteiger partial charge in [-0.05, 0) is 17.7 Å². The summed E-state index contributed by atoms with van der Waals surface area (Å²) < 4.78 is 0. The maximum atomic E-state index is 4.43. The second-order valence-electron chi connectivity index (χ2n) is 3.73. The van der Waals surface area contributed by atoms with Crippen LogP contribution in [0.15, 0.2) is 52.7 Å². The van der Waals surface area contributed by atoms with Crippen molar-refractivity contribution in [3.05, 3.63) is 53.6 Å². The molecule has 0 spiro atoms. The Morgan fingerprint density at radius 3 is 2.93 bits per heavy atom. The number of hydrogen-bond donors (Lipinski definition) is 0. The van der Waals surface area contributed by atoms with Crippen LogP contribution in [0.3, 0.4) is 0 Å². The fourth-order valence-corrected chi connectivity index (χ4v) is 2.15. The molecule has 0 aromatic carbocycles. The average Bonchev–Trinajstić information content (AvgIpc) is 2.54. The van der Waals surface area contributed by atoms with E-state index < -0.39 is 0 Å². The standard InChI is InChI=1S/C12H10N.Cr/c1-12-9-4-2-3-5-11(12)13-8-10(12)7-6-9;/h2-8H,1H3;/q-1;. The molecule has 14 heavy (non-hydrogen) atoms. The van der Waals surface area contributed by atoms with Crippen molar-refractivity contribution in [2.75, 3.05) is 0 Å². The van der Waals surface area contributed by atoms with Gasteiger partial charge in [-0.3, -0.25) is 4.99 Å². The molecule has 0 fully saturated rings. The molecular formula is C12H10CrN-. The second kappa shape index (κ2) is 3.02. The first kappa shape index (κ1) is 9.58. The molecule has 2 heteroatoms. The Kier molecular flexibility index (Phi) is 2.06. The minimum Gasteiger partial charge on any atom is -0.281 e. The van der Waals surface area contributed by atoms with E-state index in [0.717, 1.165) is 5.70 Å². The Morgan fingerprint density at radius 2 is 2.07 bits per heavy atom. The first-order valence-corrected chi connectivity index (χ1v) is 4.51. The van der Waals surface area contributed by atoms with Crippen molar-refractivity contribution in [3.8, 4) is 0 Å². The predicted molar refractivity (Wildman–Crippen MR) is 54.3 cm³/mol. The van der Waals surface area contributed by atoms with Crippen LogP contribution in [0.1, 0.15) is 6.92 Å². The topological polar surface area (TPSA) is 12.4 Å². The largest absolute Gasteiger partial charge is 0.281 e. The first-order chi connectivity index (χ1) is 6.32. The van der Waals surface area contributed by atoms with Gasteiger partial charge in [0.25, 0.3) is 0 Å². The molecule has 0 aromatic rings. The van der Waals surface area contributed by atoms with Gasteiger partial charge in [-0.25, -0.2) is 12.2 Å². The van der Waals surface area contributed by atoms with Crippen LogP contribution in [0.5, 0.6) is 0 Å². The molecule has 1 unspecified atom stereocenters. The minimum atomic E-state index is 0. The van der Waals surface area contributed by atoms with E-state index in [1.807, 2.05) is 6.21 Å². The third kappa shape index (κ3) is 0.959. The van der Waals surface area contributed by atoms with Crippen molar-refractivity contribution in [1.29, 1.82) is 0 Å². The molecule has 70 valence electrons. The molecule has 0 aromatic heterocycles. The van der Waals surface area contributed by atoms with Gasteiger partial charge in [-0.1, -0.05) is 25.2 Å². The van der Waals surface area contributed by atoms with Crippen LogP contribution >= 0.6 is 0 Å². The van der Waals surface area contributed by atoms with E-state index in [2.05, 4.69) is 48.4 Å². The molecular weight excluding hydrogens is 210 g/mol. The summed E-state index contributed by atoms with van der Waals surface area (Å²) >= 11 is 0. The van der Waals surface area contributed by atoms with Gasteiger partial charge >= 0.3 is 0 Å². The van der Waals surface area contributed by atoms with Crippen LogP contribution in [0, 0.1) is 11.3 Å². The van der Waals surface area contributed by atoms with Crippen LogP contribution in [-0.4, -0.2) is 6.21 Å². The molecule has 1 atom stereocenters. The van der Waals surface area contributed by atoms with E-state index in [1.54, 1.807) is 0 Å². The number of aliphatic imine (C=N–C) groups is 1. The van der Waals surface area contributed by atoms with Gasteiger partial charge in [0.2, 0.25) is 0 Å². The number of hydrogen-bond acceptors (Lipinski definition) is 1. The summed E-state index contributed by atoms with van der Waals surface area (Å²) in [5, 5.41) is 0. The monoisotopic (exact) mass is 220 g/mol. The molecule has 0 amide bonds. The van der Waals surface area contributed by atoms with Crippen LogP contribution in [0.2, 0.25) is 0 Å². The molecule has 0 radical (unpaired) electrons. The third-order valence-corrected chi connectivity index (χ3v) is 3.09. The van der Waals surface area contributed by atoms with Crippen LogP contribution in [-0.2, 0) is 17.4 Å². The normalized spacial score (nSPS) is 30.8. The smallest absolute Gasteiger partial charge is 0.0348 e. The Bertz CT molecular complexity index is 376. The molecule has 2 aliphatic carbocycles. The zero-order valence-electron chi connectivity index (χ0n) is 7.90. The van der Waals surface area contributed by atoms with Gasteiger partial charge in [0.1, 0.15) is 0 Å². The molecule has 0 bridgehead atoms. The van der Waals surface area contributed by atoms with Crippen molar-refractivity contribution in [3.63, 3.8) is 0 Å². The van der Waals surface area contributed by atoms with E-state index in [4.69, 9.17) is 0 Å². The molecule has 3 rings (SSSR count). The fraction of sp³-hybridized carbons (Fsp3) is 0.167. The first-order valence-electron chi connectivity index (χ1n) is 4.51. The summed E-state index contributed by atoms with van der Waals surface area (Å²) in [7, 11) is 0. The summed E-state index contributed by atoms with van der Waals surface area (Å²) in [6.45, 7) is 2.24. The van der Waals surface area contributed by atoms with E-state index in [9.17, 15) is 0 Å². The molecule has 0 saturated heterocycles. The van der Waals surface area contributed by atoms with Crippen molar-refractivity contribution in [2.24, 2.45) is 10.4 Å². The molecule has 1 nitrogen and oxygen atoms in total. The summed E-state index contributed by atoms with van der Waals surface area (Å²) in [5.41, 5.74) is 2.55. The quantitative estimate of drug-likeness (QED) is 0.556. The van der Waals surface area contributed by atoms with Gasteiger partial charge in [-0.2, -0.15) is 5.92 Å². The zero-order valence-corrected chi connectivity index (χ0v) is 9.17. The van der Waals surface area contributed by atoms with Gasteiger partial charge in [0, 0.05) is 23.1 Å². The summed E-state index contributed by atoms with van der Waals surface area (Å²) in [5.74, 6) is 1.31. The van der Waals surface area contributed by atoms with Crippen molar-refractivity contribution >= 4 is 6.21 Å². The van der Waals surface area contributed by atoms with Crippen LogP contribution < -0.4 is 0 Å². The summed E-state index contributed by atoms with van der Waals surface area (Å²) in [6.07, 6.45) is 14.7. The van der Waals surface area contributed by atoms with Crippen molar-refractivity contribution < 1.29 is 17.4 Å². The van der Waals surface area contributed by atoms with Crippen LogP contribution in [0.4, 0.5) is 0 Å². The Labute approximate surface area is 94.7 Å². The summed E-state index contributed by atoms with van der Waals surface area (Å²) in [4.78, 5) is 4.43. The molecule has 1 heterocycles. The molecule has 1 aliphatic heterocycles. The van der Waals surface area contributed by atoms with Crippen molar-refractivity contribution in [1.82, 2.24) is 0 Å². The van der Waals surface area contributed by atoms with Gasteiger partial charge in [-0.15, -0.1) is 5.57 Å². The molecule has 3 aliphatic rings. The SMILES string of the molecule is CC12C3=CC=CC=C1N=C[C-]2C=C3.[Cr].